The van der Waals surface area contributed by atoms with Crippen molar-refractivity contribution in [1.82, 2.24) is 5.32 Å². The maximum absolute atomic E-state index is 12.5. The predicted molar refractivity (Wildman–Crippen MR) is 76.8 cm³/mol. The first-order chi connectivity index (χ1) is 10.4. The number of ether oxygens (including phenoxy) is 2. The summed E-state index contributed by atoms with van der Waals surface area (Å²) in [4.78, 5) is 48.8. The number of rotatable bonds is 6. The molecule has 1 rings (SSSR count). The molecular formula is C15H23NO6. The van der Waals surface area contributed by atoms with Gasteiger partial charge in [-0.25, -0.2) is 9.59 Å². The maximum Gasteiger partial charge on any atom is 0.344 e. The van der Waals surface area contributed by atoms with Crippen LogP contribution in [-0.2, 0) is 28.7 Å². The van der Waals surface area contributed by atoms with Crippen LogP contribution in [0, 0.1) is 5.92 Å². The van der Waals surface area contributed by atoms with Crippen molar-refractivity contribution in [3.63, 3.8) is 0 Å². The van der Waals surface area contributed by atoms with Gasteiger partial charge in [0.15, 0.2) is 0 Å². The second-order valence-corrected chi connectivity index (χ2v) is 5.19. The molecule has 0 aromatic heterocycles. The molecule has 124 valence electrons. The van der Waals surface area contributed by atoms with Crippen molar-refractivity contribution in [3.8, 4) is 0 Å². The molecule has 1 aliphatic rings. The molecule has 1 atom stereocenters. The van der Waals surface area contributed by atoms with E-state index in [9.17, 15) is 19.2 Å². The third-order valence-corrected chi connectivity index (χ3v) is 3.65. The number of ketones is 1. The highest BCUT2D eigenvalue weighted by Crippen LogP contribution is 2.32. The summed E-state index contributed by atoms with van der Waals surface area (Å²) in [6, 6.07) is 0. The quantitative estimate of drug-likeness (QED) is 0.574. The van der Waals surface area contributed by atoms with E-state index >= 15 is 0 Å². The largest absolute Gasteiger partial charge is 0.464 e. The van der Waals surface area contributed by atoms with Crippen LogP contribution in [0.5, 0.6) is 0 Å². The summed E-state index contributed by atoms with van der Waals surface area (Å²) < 4.78 is 9.94. The first-order valence-electron chi connectivity index (χ1n) is 7.56. The summed E-state index contributed by atoms with van der Waals surface area (Å²) in [7, 11) is 0. The highest BCUT2D eigenvalue weighted by molar-refractivity contribution is 6.12. The van der Waals surface area contributed by atoms with E-state index in [0.717, 1.165) is 0 Å². The Morgan fingerprint density at radius 3 is 2.09 bits per heavy atom. The molecule has 1 aliphatic carbocycles. The van der Waals surface area contributed by atoms with Crippen LogP contribution in [0.1, 0.15) is 46.5 Å². The molecule has 0 aliphatic heterocycles. The first-order valence-corrected chi connectivity index (χ1v) is 7.56. The number of Topliss-reactive ketones (excluding diaryl/α,β-unsaturated/α-hetero) is 1. The minimum atomic E-state index is -2.09. The highest BCUT2D eigenvalue weighted by Gasteiger charge is 2.58. The SMILES string of the molecule is CCOC(=O)C(NC(C)=O)(C(=O)OCC)[C@H]1CCCCC1=O. The Morgan fingerprint density at radius 2 is 1.68 bits per heavy atom. The number of carbonyl (C=O) groups excluding carboxylic acids is 4. The second-order valence-electron chi connectivity index (χ2n) is 5.19. The fraction of sp³-hybridized carbons (Fsp3) is 0.733. The molecule has 0 spiro atoms. The summed E-state index contributed by atoms with van der Waals surface area (Å²) in [6.45, 7) is 4.41. The Balaban J connectivity index is 3.34. The van der Waals surface area contributed by atoms with Gasteiger partial charge in [0, 0.05) is 13.3 Å². The molecule has 0 heterocycles. The van der Waals surface area contributed by atoms with Gasteiger partial charge in [-0.15, -0.1) is 0 Å². The van der Waals surface area contributed by atoms with Gasteiger partial charge in [-0.05, 0) is 26.7 Å². The number of amides is 1. The fourth-order valence-electron chi connectivity index (χ4n) is 2.77. The van der Waals surface area contributed by atoms with Gasteiger partial charge in [0.2, 0.25) is 11.4 Å². The molecule has 7 heteroatoms. The molecule has 1 fully saturated rings. The van der Waals surface area contributed by atoms with Crippen molar-refractivity contribution in [3.05, 3.63) is 0 Å². The van der Waals surface area contributed by atoms with Crippen LogP contribution in [0.4, 0.5) is 0 Å². The fourth-order valence-corrected chi connectivity index (χ4v) is 2.77. The van der Waals surface area contributed by atoms with Crippen molar-refractivity contribution in [2.24, 2.45) is 5.92 Å². The third-order valence-electron chi connectivity index (χ3n) is 3.65. The third kappa shape index (κ3) is 3.64. The molecule has 0 aromatic carbocycles. The molecule has 0 radical (unpaired) electrons. The summed E-state index contributed by atoms with van der Waals surface area (Å²) in [6.07, 6.45) is 2.00. The minimum Gasteiger partial charge on any atom is -0.464 e. The van der Waals surface area contributed by atoms with E-state index < -0.39 is 29.3 Å². The number of hydrogen-bond acceptors (Lipinski definition) is 6. The smallest absolute Gasteiger partial charge is 0.344 e. The van der Waals surface area contributed by atoms with Crippen LogP contribution in [0.2, 0.25) is 0 Å². The van der Waals surface area contributed by atoms with Gasteiger partial charge in [-0.2, -0.15) is 0 Å². The minimum absolute atomic E-state index is 0.0283. The summed E-state index contributed by atoms with van der Waals surface area (Å²) in [5.41, 5.74) is -2.09. The number of esters is 2. The van der Waals surface area contributed by atoms with Crippen molar-refractivity contribution in [1.29, 1.82) is 0 Å². The van der Waals surface area contributed by atoms with Crippen LogP contribution in [0.3, 0.4) is 0 Å². The summed E-state index contributed by atoms with van der Waals surface area (Å²) in [5, 5.41) is 2.35. The molecule has 0 bridgehead atoms. The molecule has 1 saturated carbocycles. The summed E-state index contributed by atoms with van der Waals surface area (Å²) in [5.74, 6) is -3.67. The van der Waals surface area contributed by atoms with E-state index in [4.69, 9.17) is 9.47 Å². The lowest BCUT2D eigenvalue weighted by atomic mass is 9.73. The molecule has 0 unspecified atom stereocenters. The van der Waals surface area contributed by atoms with E-state index in [1.807, 2.05) is 0 Å². The second kappa shape index (κ2) is 7.91. The van der Waals surface area contributed by atoms with E-state index in [1.165, 1.54) is 6.92 Å². The van der Waals surface area contributed by atoms with Gasteiger partial charge in [0.25, 0.3) is 0 Å². The molecule has 1 amide bonds. The van der Waals surface area contributed by atoms with Crippen molar-refractivity contribution >= 4 is 23.6 Å². The van der Waals surface area contributed by atoms with E-state index in [-0.39, 0.29) is 25.4 Å². The van der Waals surface area contributed by atoms with E-state index in [2.05, 4.69) is 5.32 Å². The number of hydrogen-bond donors (Lipinski definition) is 1. The van der Waals surface area contributed by atoms with Gasteiger partial charge in [-0.1, -0.05) is 6.42 Å². The maximum atomic E-state index is 12.5. The van der Waals surface area contributed by atoms with Crippen molar-refractivity contribution < 1.29 is 28.7 Å². The lowest BCUT2D eigenvalue weighted by Gasteiger charge is -2.37. The lowest BCUT2D eigenvalue weighted by molar-refractivity contribution is -0.174. The Kier molecular flexibility index (Phi) is 6.52. The zero-order valence-electron chi connectivity index (χ0n) is 13.3. The van der Waals surface area contributed by atoms with E-state index in [1.54, 1.807) is 13.8 Å². The van der Waals surface area contributed by atoms with Crippen LogP contribution < -0.4 is 5.32 Å². The Labute approximate surface area is 129 Å². The first kappa shape index (κ1) is 18.1. The molecular weight excluding hydrogens is 290 g/mol. The monoisotopic (exact) mass is 313 g/mol. The summed E-state index contributed by atoms with van der Waals surface area (Å²) >= 11 is 0. The molecule has 7 nitrogen and oxygen atoms in total. The molecule has 1 N–H and O–H groups in total. The number of carbonyl (C=O) groups is 4. The average Bonchev–Trinajstić information content (AvgIpc) is 2.45. The molecule has 22 heavy (non-hydrogen) atoms. The lowest BCUT2D eigenvalue weighted by Crippen LogP contribution is -2.67. The van der Waals surface area contributed by atoms with Crippen LogP contribution >= 0.6 is 0 Å². The van der Waals surface area contributed by atoms with E-state index in [0.29, 0.717) is 19.3 Å². The zero-order valence-corrected chi connectivity index (χ0v) is 13.3. The molecule has 0 aromatic rings. The molecule has 0 saturated heterocycles. The van der Waals surface area contributed by atoms with Crippen LogP contribution in [-0.4, -0.2) is 42.4 Å². The standard InChI is InChI=1S/C15H23NO6/c1-4-21-13(19)15(16-10(3)17,14(20)22-5-2)11-8-6-7-9-12(11)18/h11H,4-9H2,1-3H3,(H,16,17)/t11-/m0/s1. The Hall–Kier alpha value is -1.92. The van der Waals surface area contributed by atoms with Gasteiger partial charge in [0.05, 0.1) is 19.1 Å². The van der Waals surface area contributed by atoms with Gasteiger partial charge in [-0.3, -0.25) is 9.59 Å². The zero-order chi connectivity index (χ0) is 16.8. The highest BCUT2D eigenvalue weighted by atomic mass is 16.6. The van der Waals surface area contributed by atoms with Crippen molar-refractivity contribution in [2.75, 3.05) is 13.2 Å². The average molecular weight is 313 g/mol. The van der Waals surface area contributed by atoms with Crippen LogP contribution in [0.15, 0.2) is 0 Å². The Morgan fingerprint density at radius 1 is 1.14 bits per heavy atom. The topological polar surface area (TPSA) is 98.8 Å². The van der Waals surface area contributed by atoms with Crippen molar-refractivity contribution in [2.45, 2.75) is 52.0 Å². The number of nitrogens with one attached hydrogen (secondary N) is 1. The van der Waals surface area contributed by atoms with Gasteiger partial charge < -0.3 is 14.8 Å². The predicted octanol–water partition coefficient (Wildman–Crippen LogP) is 0.747. The normalized spacial score (nSPS) is 18.5. The van der Waals surface area contributed by atoms with Gasteiger partial charge >= 0.3 is 11.9 Å². The van der Waals surface area contributed by atoms with Crippen LogP contribution in [0.25, 0.3) is 0 Å². The Bertz CT molecular complexity index is 441. The van der Waals surface area contributed by atoms with Gasteiger partial charge in [0.1, 0.15) is 5.78 Å².